The standard InChI is InChI=1S/C18H28BrN3O2/c1-3-20-18(21-10-12-23-14-17-5-4-11-24-17)22(2)13-15-6-8-16(19)9-7-15/h6-9,17H,3-5,10-14H2,1-2H3,(H,20,21). The molecule has 1 fully saturated rings. The monoisotopic (exact) mass is 397 g/mol. The van der Waals surface area contributed by atoms with Gasteiger partial charge in [-0.2, -0.15) is 0 Å². The normalized spacial score (nSPS) is 18.0. The highest BCUT2D eigenvalue weighted by Gasteiger charge is 2.15. The van der Waals surface area contributed by atoms with Crippen LogP contribution in [0.1, 0.15) is 25.3 Å². The number of nitrogens with zero attached hydrogens (tertiary/aromatic N) is 2. The number of guanidine groups is 1. The van der Waals surface area contributed by atoms with Gasteiger partial charge in [0.2, 0.25) is 0 Å². The topological polar surface area (TPSA) is 46.1 Å². The summed E-state index contributed by atoms with van der Waals surface area (Å²) in [6.07, 6.45) is 2.54. The van der Waals surface area contributed by atoms with Crippen LogP contribution in [0.4, 0.5) is 0 Å². The first kappa shape index (κ1) is 19.2. The lowest BCUT2D eigenvalue weighted by Crippen LogP contribution is -2.38. The maximum absolute atomic E-state index is 5.67. The van der Waals surface area contributed by atoms with E-state index in [1.165, 1.54) is 5.56 Å². The molecule has 0 aromatic heterocycles. The van der Waals surface area contributed by atoms with Crippen molar-refractivity contribution >= 4 is 21.9 Å². The number of hydrogen-bond acceptors (Lipinski definition) is 3. The number of hydrogen-bond donors (Lipinski definition) is 1. The Morgan fingerprint density at radius 1 is 1.42 bits per heavy atom. The molecule has 1 unspecified atom stereocenters. The molecule has 24 heavy (non-hydrogen) atoms. The maximum Gasteiger partial charge on any atom is 0.194 e. The molecule has 0 saturated carbocycles. The molecule has 5 nitrogen and oxygen atoms in total. The summed E-state index contributed by atoms with van der Waals surface area (Å²) in [7, 11) is 2.05. The number of nitrogens with one attached hydrogen (secondary N) is 1. The predicted molar refractivity (Wildman–Crippen MR) is 101 cm³/mol. The smallest absolute Gasteiger partial charge is 0.194 e. The Kier molecular flexibility index (Phi) is 8.56. The van der Waals surface area contributed by atoms with E-state index in [2.05, 4.69) is 69.4 Å². The lowest BCUT2D eigenvalue weighted by Gasteiger charge is -2.22. The summed E-state index contributed by atoms with van der Waals surface area (Å²) in [6, 6.07) is 8.36. The van der Waals surface area contributed by atoms with Gasteiger partial charge >= 0.3 is 0 Å². The highest BCUT2D eigenvalue weighted by atomic mass is 79.9. The molecular formula is C18H28BrN3O2. The van der Waals surface area contributed by atoms with Crippen LogP contribution in [-0.2, 0) is 16.0 Å². The third-order valence-electron chi connectivity index (χ3n) is 3.85. The van der Waals surface area contributed by atoms with Crippen molar-refractivity contribution in [2.75, 3.05) is 40.0 Å². The first-order valence-corrected chi connectivity index (χ1v) is 9.41. The molecule has 0 bridgehead atoms. The zero-order chi connectivity index (χ0) is 17.2. The van der Waals surface area contributed by atoms with Crippen molar-refractivity contribution in [2.45, 2.75) is 32.4 Å². The summed E-state index contributed by atoms with van der Waals surface area (Å²) in [6.45, 7) is 6.58. The maximum atomic E-state index is 5.67. The minimum atomic E-state index is 0.280. The van der Waals surface area contributed by atoms with Crippen LogP contribution in [0, 0.1) is 0 Å². The Morgan fingerprint density at radius 3 is 2.88 bits per heavy atom. The molecule has 6 heteroatoms. The Morgan fingerprint density at radius 2 is 2.21 bits per heavy atom. The molecule has 0 spiro atoms. The van der Waals surface area contributed by atoms with Crippen LogP contribution < -0.4 is 5.32 Å². The van der Waals surface area contributed by atoms with Gasteiger partial charge in [-0.25, -0.2) is 0 Å². The van der Waals surface area contributed by atoms with E-state index in [4.69, 9.17) is 9.47 Å². The fourth-order valence-electron chi connectivity index (χ4n) is 2.61. The fraction of sp³-hybridized carbons (Fsp3) is 0.611. The number of rotatable bonds is 8. The molecule has 1 aliphatic heterocycles. The van der Waals surface area contributed by atoms with Crippen molar-refractivity contribution in [3.05, 3.63) is 34.3 Å². The summed E-state index contributed by atoms with van der Waals surface area (Å²) >= 11 is 3.47. The molecule has 1 heterocycles. The van der Waals surface area contributed by atoms with Crippen LogP contribution in [0.5, 0.6) is 0 Å². The number of halogens is 1. The molecule has 0 radical (unpaired) electrons. The summed E-state index contributed by atoms with van der Waals surface area (Å²) in [5.74, 6) is 0.904. The van der Waals surface area contributed by atoms with Crippen LogP contribution in [-0.4, -0.2) is 56.9 Å². The van der Waals surface area contributed by atoms with Gasteiger partial charge in [-0.15, -0.1) is 0 Å². The van der Waals surface area contributed by atoms with E-state index in [0.29, 0.717) is 19.8 Å². The van der Waals surface area contributed by atoms with E-state index < -0.39 is 0 Å². The first-order valence-electron chi connectivity index (χ1n) is 8.62. The summed E-state index contributed by atoms with van der Waals surface area (Å²) in [5, 5.41) is 3.33. The lowest BCUT2D eigenvalue weighted by molar-refractivity contribution is 0.0199. The van der Waals surface area contributed by atoms with Crippen LogP contribution in [0.2, 0.25) is 0 Å². The van der Waals surface area contributed by atoms with Gasteiger partial charge in [0, 0.05) is 31.2 Å². The third-order valence-corrected chi connectivity index (χ3v) is 4.38. The molecular weight excluding hydrogens is 370 g/mol. The largest absolute Gasteiger partial charge is 0.377 e. The van der Waals surface area contributed by atoms with Gasteiger partial charge in [0.25, 0.3) is 0 Å². The van der Waals surface area contributed by atoms with Crippen LogP contribution >= 0.6 is 15.9 Å². The first-order chi connectivity index (χ1) is 11.7. The van der Waals surface area contributed by atoms with Crippen LogP contribution in [0.15, 0.2) is 33.7 Å². The van der Waals surface area contributed by atoms with E-state index in [0.717, 1.165) is 43.0 Å². The Hall–Kier alpha value is -1.11. The molecule has 1 saturated heterocycles. The van der Waals surface area contributed by atoms with Crippen molar-refractivity contribution in [1.29, 1.82) is 0 Å². The van der Waals surface area contributed by atoms with E-state index in [1.54, 1.807) is 0 Å². The summed E-state index contributed by atoms with van der Waals surface area (Å²) < 4.78 is 12.3. The van der Waals surface area contributed by atoms with Gasteiger partial charge in [0.1, 0.15) is 0 Å². The summed E-state index contributed by atoms with van der Waals surface area (Å²) in [4.78, 5) is 6.78. The Labute approximate surface area is 153 Å². The minimum Gasteiger partial charge on any atom is -0.377 e. The Bertz CT molecular complexity index is 501. The van der Waals surface area contributed by atoms with Crippen molar-refractivity contribution < 1.29 is 9.47 Å². The van der Waals surface area contributed by atoms with Gasteiger partial charge in [-0.05, 0) is 37.5 Å². The summed E-state index contributed by atoms with van der Waals surface area (Å²) in [5.41, 5.74) is 1.25. The zero-order valence-electron chi connectivity index (χ0n) is 14.6. The quantitative estimate of drug-likeness (QED) is 0.416. The molecule has 1 aromatic carbocycles. The second-order valence-corrected chi connectivity index (χ2v) is 6.84. The average Bonchev–Trinajstić information content (AvgIpc) is 3.09. The van der Waals surface area contributed by atoms with E-state index in [9.17, 15) is 0 Å². The molecule has 0 aliphatic carbocycles. The minimum absolute atomic E-state index is 0.280. The molecule has 1 aliphatic rings. The van der Waals surface area contributed by atoms with Crippen LogP contribution in [0.25, 0.3) is 0 Å². The molecule has 1 N–H and O–H groups in total. The second-order valence-electron chi connectivity index (χ2n) is 5.93. The van der Waals surface area contributed by atoms with Gasteiger partial charge in [0.05, 0.1) is 25.9 Å². The van der Waals surface area contributed by atoms with Crippen LogP contribution in [0.3, 0.4) is 0 Å². The van der Waals surface area contributed by atoms with Gasteiger partial charge in [0.15, 0.2) is 5.96 Å². The number of aliphatic imine (C=N–C) groups is 1. The van der Waals surface area contributed by atoms with Gasteiger partial charge < -0.3 is 19.7 Å². The van der Waals surface area contributed by atoms with E-state index >= 15 is 0 Å². The SMILES string of the molecule is CCNC(=NCCOCC1CCCO1)N(C)Cc1ccc(Br)cc1. The molecule has 1 atom stereocenters. The molecule has 0 amide bonds. The van der Waals surface area contributed by atoms with E-state index in [-0.39, 0.29) is 6.10 Å². The molecule has 134 valence electrons. The molecule has 2 rings (SSSR count). The van der Waals surface area contributed by atoms with E-state index in [1.807, 2.05) is 0 Å². The fourth-order valence-corrected chi connectivity index (χ4v) is 2.88. The molecule has 1 aromatic rings. The lowest BCUT2D eigenvalue weighted by atomic mass is 10.2. The van der Waals surface area contributed by atoms with Crippen molar-refractivity contribution in [2.24, 2.45) is 4.99 Å². The average molecular weight is 398 g/mol. The van der Waals surface area contributed by atoms with Gasteiger partial charge in [-0.3, -0.25) is 4.99 Å². The predicted octanol–water partition coefficient (Wildman–Crippen LogP) is 3.04. The Balaban J connectivity index is 1.76. The highest BCUT2D eigenvalue weighted by Crippen LogP contribution is 2.12. The van der Waals surface area contributed by atoms with Crippen molar-refractivity contribution in [3.63, 3.8) is 0 Å². The van der Waals surface area contributed by atoms with Gasteiger partial charge in [-0.1, -0.05) is 28.1 Å². The zero-order valence-corrected chi connectivity index (χ0v) is 16.2. The van der Waals surface area contributed by atoms with Crippen molar-refractivity contribution in [1.82, 2.24) is 10.2 Å². The number of ether oxygens (including phenoxy) is 2. The van der Waals surface area contributed by atoms with Crippen molar-refractivity contribution in [3.8, 4) is 0 Å². The number of benzene rings is 1. The second kappa shape index (κ2) is 10.7. The highest BCUT2D eigenvalue weighted by molar-refractivity contribution is 9.10. The third kappa shape index (κ3) is 6.79.